The number of esters is 1. The van der Waals surface area contributed by atoms with Crippen molar-refractivity contribution >= 4 is 35.1 Å². The fourth-order valence-corrected chi connectivity index (χ4v) is 7.30. The van der Waals surface area contributed by atoms with Gasteiger partial charge in [-0.05, 0) is 91.5 Å². The van der Waals surface area contributed by atoms with Gasteiger partial charge in [0.15, 0.2) is 0 Å². The van der Waals surface area contributed by atoms with Gasteiger partial charge in [0, 0.05) is 18.7 Å². The Balaban J connectivity index is 1.04. The number of allylic oxidation sites excluding steroid dienone is 2. The molecule has 2 aliphatic heterocycles. The monoisotopic (exact) mass is 496 g/mol. The van der Waals surface area contributed by atoms with Gasteiger partial charge in [0.05, 0.1) is 23.4 Å². The molecule has 2 aromatic rings. The SMILES string of the molecule is Cc1cc(C)cc(N2C[C@H](C(=O)Oc3ccc(N4C(=O)[C@@H]5[C@@H]6C=C[C@H]([C@H]7C[C@H]67)[C@@H]5C4=O)cc3)CC2=O)c1. The molecule has 0 unspecified atom stereocenters. The third kappa shape index (κ3) is 3.40. The minimum atomic E-state index is -0.563. The molecule has 6 aliphatic rings. The second-order valence-corrected chi connectivity index (χ2v) is 11.3. The molecule has 0 aromatic heterocycles. The van der Waals surface area contributed by atoms with E-state index in [1.165, 1.54) is 4.90 Å². The van der Waals surface area contributed by atoms with Crippen LogP contribution in [-0.4, -0.2) is 30.2 Å². The predicted octanol–water partition coefficient (Wildman–Crippen LogP) is 3.82. The molecule has 2 aromatic carbocycles. The van der Waals surface area contributed by atoms with Crippen molar-refractivity contribution in [2.24, 2.45) is 41.4 Å². The Hall–Kier alpha value is -3.74. The van der Waals surface area contributed by atoms with Crippen LogP contribution < -0.4 is 14.5 Å². The molecule has 7 nitrogen and oxygen atoms in total. The molecule has 2 saturated heterocycles. The molecule has 0 radical (unpaired) electrons. The summed E-state index contributed by atoms with van der Waals surface area (Å²) < 4.78 is 5.59. The maximum atomic E-state index is 13.3. The van der Waals surface area contributed by atoms with Gasteiger partial charge in [-0.2, -0.15) is 0 Å². The number of carbonyl (C=O) groups excluding carboxylic acids is 4. The van der Waals surface area contributed by atoms with Gasteiger partial charge in [-0.1, -0.05) is 18.2 Å². The number of carbonyl (C=O) groups is 4. The van der Waals surface area contributed by atoms with Gasteiger partial charge in [0.25, 0.3) is 0 Å². The number of imide groups is 1. The summed E-state index contributed by atoms with van der Waals surface area (Å²) in [6.45, 7) is 4.23. The van der Waals surface area contributed by atoms with Gasteiger partial charge in [-0.3, -0.25) is 24.1 Å². The second kappa shape index (κ2) is 7.88. The van der Waals surface area contributed by atoms with E-state index in [9.17, 15) is 19.2 Å². The van der Waals surface area contributed by atoms with Crippen LogP contribution in [0.25, 0.3) is 0 Å². The van der Waals surface area contributed by atoms with Crippen LogP contribution in [0.15, 0.2) is 54.6 Å². The molecular weight excluding hydrogens is 468 g/mol. The lowest BCUT2D eigenvalue weighted by atomic mass is 9.63. The van der Waals surface area contributed by atoms with Crippen LogP contribution in [0.3, 0.4) is 0 Å². The Morgan fingerprint density at radius 3 is 2.03 bits per heavy atom. The predicted molar refractivity (Wildman–Crippen MR) is 136 cm³/mol. The lowest BCUT2D eigenvalue weighted by Gasteiger charge is -2.37. The van der Waals surface area contributed by atoms with E-state index in [0.29, 0.717) is 23.3 Å². The lowest BCUT2D eigenvalue weighted by Crippen LogP contribution is -2.40. The van der Waals surface area contributed by atoms with Crippen molar-refractivity contribution in [2.75, 3.05) is 16.3 Å². The van der Waals surface area contributed by atoms with Gasteiger partial charge in [-0.25, -0.2) is 0 Å². The number of nitrogens with zero attached hydrogens (tertiary/aromatic N) is 2. The van der Waals surface area contributed by atoms with E-state index in [1.54, 1.807) is 29.2 Å². The highest BCUT2D eigenvalue weighted by atomic mass is 16.5. The van der Waals surface area contributed by atoms with Crippen LogP contribution in [0, 0.1) is 55.3 Å². The van der Waals surface area contributed by atoms with Gasteiger partial charge < -0.3 is 9.64 Å². The summed E-state index contributed by atoms with van der Waals surface area (Å²) in [4.78, 5) is 55.1. The summed E-state index contributed by atoms with van der Waals surface area (Å²) in [6.07, 6.45) is 5.55. The van der Waals surface area contributed by atoms with E-state index < -0.39 is 11.9 Å². The first kappa shape index (κ1) is 22.5. The van der Waals surface area contributed by atoms with Crippen molar-refractivity contribution in [3.8, 4) is 5.75 Å². The highest BCUT2D eigenvalue weighted by Crippen LogP contribution is 2.65. The Bertz CT molecular complexity index is 1340. The average molecular weight is 497 g/mol. The maximum absolute atomic E-state index is 13.3. The van der Waals surface area contributed by atoms with Crippen LogP contribution in [0.1, 0.15) is 24.0 Å². The molecule has 188 valence electrons. The molecule has 0 spiro atoms. The second-order valence-electron chi connectivity index (χ2n) is 11.3. The summed E-state index contributed by atoms with van der Waals surface area (Å²) >= 11 is 0. The number of hydrogen-bond acceptors (Lipinski definition) is 5. The van der Waals surface area contributed by atoms with Crippen LogP contribution in [0.4, 0.5) is 11.4 Å². The molecule has 7 heteroatoms. The Morgan fingerprint density at radius 1 is 0.838 bits per heavy atom. The molecule has 2 saturated carbocycles. The third-order valence-electron chi connectivity index (χ3n) is 8.95. The first-order chi connectivity index (χ1) is 17.8. The quantitative estimate of drug-likeness (QED) is 0.278. The van der Waals surface area contributed by atoms with Gasteiger partial charge in [-0.15, -0.1) is 0 Å². The van der Waals surface area contributed by atoms with E-state index in [0.717, 1.165) is 23.2 Å². The molecule has 37 heavy (non-hydrogen) atoms. The number of anilines is 2. The van der Waals surface area contributed by atoms with Crippen molar-refractivity contribution in [3.05, 3.63) is 65.7 Å². The van der Waals surface area contributed by atoms with Crippen molar-refractivity contribution < 1.29 is 23.9 Å². The summed E-state index contributed by atoms with van der Waals surface area (Å²) in [5.74, 6) is -0.0411. The van der Waals surface area contributed by atoms with Crippen LogP contribution in [-0.2, 0) is 19.2 Å². The molecule has 4 fully saturated rings. The van der Waals surface area contributed by atoms with Crippen molar-refractivity contribution in [1.82, 2.24) is 0 Å². The number of ether oxygens (including phenoxy) is 1. The molecular formula is C30H28N2O5. The standard InChI is InChI=1S/C30H28N2O5/c1-15-9-16(2)11-19(10-15)31-14-17(12-25(31)33)30(36)37-20-5-3-18(4-6-20)32-28(34)26-21-7-8-22(24-13-23(21)24)27(26)29(32)35/h3-11,17,21-24,26-27H,12-14H2,1-2H3/t17-,21-,22-,23-,24-,26-,27+/m1/s1. The molecule has 3 amide bonds. The normalized spacial score (nSPS) is 33.1. The first-order valence-corrected chi connectivity index (χ1v) is 13.1. The zero-order valence-corrected chi connectivity index (χ0v) is 20.8. The average Bonchev–Trinajstić information content (AvgIpc) is 3.54. The fourth-order valence-electron chi connectivity index (χ4n) is 7.30. The highest BCUT2D eigenvalue weighted by Gasteiger charge is 2.67. The van der Waals surface area contributed by atoms with E-state index in [4.69, 9.17) is 4.74 Å². The number of aryl methyl sites for hydroxylation is 2. The molecule has 0 N–H and O–H groups in total. The minimum Gasteiger partial charge on any atom is -0.426 e. The van der Waals surface area contributed by atoms with Crippen LogP contribution in [0.2, 0.25) is 0 Å². The topological polar surface area (TPSA) is 84.0 Å². The zero-order valence-electron chi connectivity index (χ0n) is 20.8. The minimum absolute atomic E-state index is 0.0990. The fraction of sp³-hybridized carbons (Fsp3) is 0.400. The van der Waals surface area contributed by atoms with Crippen molar-refractivity contribution in [1.29, 1.82) is 0 Å². The summed E-state index contributed by atoms with van der Waals surface area (Å²) in [6, 6.07) is 12.5. The number of hydrogen-bond donors (Lipinski definition) is 0. The highest BCUT2D eigenvalue weighted by molar-refractivity contribution is 6.22. The van der Waals surface area contributed by atoms with E-state index in [2.05, 4.69) is 12.2 Å². The molecule has 4 aliphatic carbocycles. The largest absolute Gasteiger partial charge is 0.426 e. The van der Waals surface area contributed by atoms with Gasteiger partial charge in [0.2, 0.25) is 17.7 Å². The van der Waals surface area contributed by atoms with E-state index in [-0.39, 0.29) is 54.4 Å². The summed E-state index contributed by atoms with van der Waals surface area (Å²) in [5.41, 5.74) is 3.42. The zero-order chi connectivity index (χ0) is 25.6. The number of benzene rings is 2. The Kier molecular flexibility index (Phi) is 4.78. The molecule has 7 atom stereocenters. The maximum Gasteiger partial charge on any atom is 0.316 e. The van der Waals surface area contributed by atoms with Gasteiger partial charge >= 0.3 is 5.97 Å². The summed E-state index contributed by atoms with van der Waals surface area (Å²) in [7, 11) is 0. The van der Waals surface area contributed by atoms with Crippen molar-refractivity contribution in [3.63, 3.8) is 0 Å². The number of amides is 3. The number of rotatable bonds is 4. The third-order valence-corrected chi connectivity index (χ3v) is 8.95. The summed E-state index contributed by atoms with van der Waals surface area (Å²) in [5, 5.41) is 0. The van der Waals surface area contributed by atoms with Crippen molar-refractivity contribution in [2.45, 2.75) is 26.7 Å². The van der Waals surface area contributed by atoms with Crippen LogP contribution >= 0.6 is 0 Å². The van der Waals surface area contributed by atoms with Crippen LogP contribution in [0.5, 0.6) is 5.75 Å². The molecule has 2 bridgehead atoms. The van der Waals surface area contributed by atoms with Gasteiger partial charge in [0.1, 0.15) is 5.75 Å². The first-order valence-electron chi connectivity index (χ1n) is 13.1. The Labute approximate surface area is 215 Å². The smallest absolute Gasteiger partial charge is 0.316 e. The lowest BCUT2D eigenvalue weighted by molar-refractivity contribution is -0.139. The molecule has 8 rings (SSSR count). The van der Waals surface area contributed by atoms with E-state index in [1.807, 2.05) is 32.0 Å². The molecule has 2 heterocycles. The van der Waals surface area contributed by atoms with E-state index >= 15 is 0 Å². The Morgan fingerprint density at radius 2 is 1.43 bits per heavy atom.